The maximum Gasteiger partial charge on any atom is 0.399 e. The minimum absolute atomic E-state index is 0.0128. The summed E-state index contributed by atoms with van der Waals surface area (Å²) in [6.45, 7) is 6.92. The summed E-state index contributed by atoms with van der Waals surface area (Å²) in [6.07, 6.45) is -9.19. The molecule has 0 heterocycles. The van der Waals surface area contributed by atoms with Crippen LogP contribution >= 0.6 is 0 Å². The Hall–Kier alpha value is -1.44. The molecule has 0 amide bonds. The van der Waals surface area contributed by atoms with Crippen molar-refractivity contribution in [1.29, 1.82) is 5.26 Å². The highest BCUT2D eigenvalue weighted by atomic mass is 19.4. The molecule has 2 aliphatic rings. The van der Waals surface area contributed by atoms with Gasteiger partial charge in [-0.3, -0.25) is 0 Å². The van der Waals surface area contributed by atoms with Gasteiger partial charge in [-0.15, -0.1) is 0 Å². The van der Waals surface area contributed by atoms with Crippen LogP contribution in [0, 0.1) is 47.5 Å². The van der Waals surface area contributed by atoms with E-state index in [4.69, 9.17) is 11.8 Å². The Morgan fingerprint density at radius 1 is 0.875 bits per heavy atom. The summed E-state index contributed by atoms with van der Waals surface area (Å²) in [5.74, 6) is -5.84. The molecule has 0 aromatic heterocycles. The third kappa shape index (κ3) is 3.96. The largest absolute Gasteiger partial charge is 0.399 e. The molecular weight excluding hydrogens is 334 g/mol. The van der Waals surface area contributed by atoms with Crippen LogP contribution < -0.4 is 0 Å². The van der Waals surface area contributed by atoms with Gasteiger partial charge in [-0.25, -0.2) is 6.57 Å². The smallest absolute Gasteiger partial charge is 0.313 e. The maximum atomic E-state index is 13.3. The summed E-state index contributed by atoms with van der Waals surface area (Å²) < 4.78 is 79.5. The van der Waals surface area contributed by atoms with Crippen molar-refractivity contribution in [3.8, 4) is 6.07 Å². The Balaban J connectivity index is 2.20. The predicted molar refractivity (Wildman–Crippen MR) is 73.3 cm³/mol. The highest BCUT2D eigenvalue weighted by Gasteiger charge is 2.56. The highest BCUT2D eigenvalue weighted by Crippen LogP contribution is 2.52. The topological polar surface area (TPSA) is 28.1 Å². The summed E-state index contributed by atoms with van der Waals surface area (Å²) in [4.78, 5) is 3.03. The van der Waals surface area contributed by atoms with Crippen molar-refractivity contribution >= 4 is 0 Å². The van der Waals surface area contributed by atoms with E-state index < -0.39 is 54.4 Å². The number of halogens is 6. The molecule has 0 radical (unpaired) electrons. The minimum Gasteiger partial charge on any atom is -0.313 e. The number of rotatable bonds is 1. The fourth-order valence-electron chi connectivity index (χ4n) is 4.33. The van der Waals surface area contributed by atoms with Crippen molar-refractivity contribution in [3.05, 3.63) is 11.4 Å². The summed E-state index contributed by atoms with van der Waals surface area (Å²) in [5.41, 5.74) is 0. The lowest BCUT2D eigenvalue weighted by Gasteiger charge is -2.42. The lowest BCUT2D eigenvalue weighted by atomic mass is 9.63. The quantitative estimate of drug-likeness (QED) is 0.460. The Labute approximate surface area is 136 Å². The Bertz CT molecular complexity index is 527. The fraction of sp³-hybridized carbons (Fsp3) is 0.875. The second-order valence-corrected chi connectivity index (χ2v) is 6.87. The standard InChI is InChI=1S/C16H18F6N2/c1-24-14-5-3-10(7-13(14)16(20,21)22)11-4-2-9(8-23)6-12(11)15(17,18)19/h9-14H,2-7H2. The molecule has 6 atom stereocenters. The van der Waals surface area contributed by atoms with Gasteiger partial charge in [-0.1, -0.05) is 0 Å². The summed E-state index contributed by atoms with van der Waals surface area (Å²) in [5, 5.41) is 8.89. The molecule has 2 aliphatic carbocycles. The third-order valence-electron chi connectivity index (χ3n) is 5.55. The zero-order valence-corrected chi connectivity index (χ0v) is 12.9. The number of alkyl halides is 6. The molecule has 0 saturated heterocycles. The van der Waals surface area contributed by atoms with E-state index in [-0.39, 0.29) is 25.7 Å². The first-order valence-corrected chi connectivity index (χ1v) is 7.97. The van der Waals surface area contributed by atoms with E-state index >= 15 is 0 Å². The van der Waals surface area contributed by atoms with E-state index in [9.17, 15) is 26.3 Å². The average molecular weight is 352 g/mol. The molecule has 24 heavy (non-hydrogen) atoms. The van der Waals surface area contributed by atoms with Crippen LogP contribution in [-0.4, -0.2) is 18.4 Å². The third-order valence-corrected chi connectivity index (χ3v) is 5.55. The van der Waals surface area contributed by atoms with Crippen LogP contribution in [0.15, 0.2) is 0 Å². The normalized spacial score (nSPS) is 38.2. The molecule has 134 valence electrons. The average Bonchev–Trinajstić information content (AvgIpc) is 2.52. The molecule has 2 saturated carbocycles. The number of hydrogen-bond donors (Lipinski definition) is 0. The van der Waals surface area contributed by atoms with Gasteiger partial charge in [-0.05, 0) is 43.9 Å². The van der Waals surface area contributed by atoms with Crippen molar-refractivity contribution < 1.29 is 26.3 Å². The molecule has 0 aromatic carbocycles. The van der Waals surface area contributed by atoms with Gasteiger partial charge >= 0.3 is 12.4 Å². The van der Waals surface area contributed by atoms with E-state index in [2.05, 4.69) is 4.85 Å². The fourth-order valence-corrected chi connectivity index (χ4v) is 4.33. The van der Waals surface area contributed by atoms with Crippen LogP contribution in [0.2, 0.25) is 0 Å². The zero-order valence-electron chi connectivity index (χ0n) is 12.9. The Morgan fingerprint density at radius 3 is 2.00 bits per heavy atom. The van der Waals surface area contributed by atoms with Gasteiger partial charge < -0.3 is 4.85 Å². The van der Waals surface area contributed by atoms with Crippen LogP contribution in [-0.2, 0) is 0 Å². The van der Waals surface area contributed by atoms with Crippen molar-refractivity contribution in [2.75, 3.05) is 0 Å². The van der Waals surface area contributed by atoms with Crippen LogP contribution in [0.5, 0.6) is 0 Å². The summed E-state index contributed by atoms with van der Waals surface area (Å²) in [7, 11) is 0. The maximum absolute atomic E-state index is 13.3. The molecule has 0 aliphatic heterocycles. The first-order chi connectivity index (χ1) is 11.1. The molecule has 0 aromatic rings. The number of nitrogens with zero attached hydrogens (tertiary/aromatic N) is 2. The van der Waals surface area contributed by atoms with Gasteiger partial charge in [0.05, 0.1) is 12.0 Å². The minimum atomic E-state index is -4.56. The van der Waals surface area contributed by atoms with E-state index in [1.54, 1.807) is 0 Å². The molecule has 0 N–H and O–H groups in total. The first-order valence-electron chi connectivity index (χ1n) is 7.97. The van der Waals surface area contributed by atoms with Crippen LogP contribution in [0.3, 0.4) is 0 Å². The van der Waals surface area contributed by atoms with Crippen LogP contribution in [0.25, 0.3) is 4.85 Å². The van der Waals surface area contributed by atoms with Gasteiger partial charge in [0.15, 0.2) is 0 Å². The van der Waals surface area contributed by atoms with E-state index in [1.807, 2.05) is 6.07 Å². The molecule has 0 spiro atoms. The Kier molecular flexibility index (Phi) is 5.37. The molecule has 0 bridgehead atoms. The van der Waals surface area contributed by atoms with Gasteiger partial charge in [-0.2, -0.15) is 31.6 Å². The van der Waals surface area contributed by atoms with E-state index in [0.717, 1.165) is 0 Å². The van der Waals surface area contributed by atoms with Gasteiger partial charge in [0.2, 0.25) is 6.04 Å². The molecule has 2 fully saturated rings. The monoisotopic (exact) mass is 352 g/mol. The molecule has 8 heteroatoms. The summed E-state index contributed by atoms with van der Waals surface area (Å²) >= 11 is 0. The SMILES string of the molecule is [C-]#[N+]C1CCC(C2CCC(C#N)CC2C(F)(F)F)CC1C(F)(F)F. The van der Waals surface area contributed by atoms with Crippen LogP contribution in [0.4, 0.5) is 26.3 Å². The number of hydrogen-bond acceptors (Lipinski definition) is 1. The van der Waals surface area contributed by atoms with Crippen LogP contribution in [0.1, 0.15) is 38.5 Å². The van der Waals surface area contributed by atoms with Crippen molar-refractivity contribution in [2.24, 2.45) is 29.6 Å². The molecule has 2 nitrogen and oxygen atoms in total. The number of nitriles is 1. The first kappa shape index (κ1) is 18.9. The predicted octanol–water partition coefficient (Wildman–Crippen LogP) is 5.37. The van der Waals surface area contributed by atoms with Crippen molar-refractivity contribution in [1.82, 2.24) is 0 Å². The lowest BCUT2D eigenvalue weighted by Crippen LogP contribution is -2.44. The van der Waals surface area contributed by atoms with Gasteiger partial charge in [0.25, 0.3) is 0 Å². The molecule has 2 rings (SSSR count). The second-order valence-electron chi connectivity index (χ2n) is 6.87. The van der Waals surface area contributed by atoms with E-state index in [0.29, 0.717) is 6.42 Å². The Morgan fingerprint density at radius 2 is 1.50 bits per heavy atom. The van der Waals surface area contributed by atoms with E-state index in [1.165, 1.54) is 0 Å². The highest BCUT2D eigenvalue weighted by molar-refractivity contribution is 5.00. The van der Waals surface area contributed by atoms with Crippen molar-refractivity contribution in [2.45, 2.75) is 56.9 Å². The second kappa shape index (κ2) is 6.82. The van der Waals surface area contributed by atoms with Crippen molar-refractivity contribution in [3.63, 3.8) is 0 Å². The summed E-state index contributed by atoms with van der Waals surface area (Å²) in [6, 6.07) is 0.665. The van der Waals surface area contributed by atoms with Gasteiger partial charge in [0.1, 0.15) is 5.92 Å². The van der Waals surface area contributed by atoms with Gasteiger partial charge in [0, 0.05) is 12.3 Å². The zero-order chi connectivity index (χ0) is 18.1. The lowest BCUT2D eigenvalue weighted by molar-refractivity contribution is -0.215. The molecular formula is C16H18F6N2. The molecule has 6 unspecified atom stereocenters.